The number of para-hydroxylation sites is 2. The molecule has 3 rings (SSSR count). The van der Waals surface area contributed by atoms with E-state index in [1.807, 2.05) is 61.5 Å². The number of aromatic amines is 1. The van der Waals surface area contributed by atoms with E-state index in [9.17, 15) is 0 Å². The Morgan fingerprint density at radius 3 is 2.32 bits per heavy atom. The minimum atomic E-state index is -0.382. The minimum Gasteiger partial charge on any atom is -0.490 e. The Labute approximate surface area is 147 Å². The maximum absolute atomic E-state index is 6.35. The fourth-order valence-electron chi connectivity index (χ4n) is 2.72. The Morgan fingerprint density at radius 1 is 0.960 bits per heavy atom. The largest absolute Gasteiger partial charge is 0.490 e. The molecule has 130 valence electrons. The molecule has 2 aromatic carbocycles. The predicted octanol–water partition coefficient (Wildman–Crippen LogP) is 4.32. The number of nitrogens with zero attached hydrogens (tertiary/aromatic N) is 1. The molecule has 3 aromatic rings. The summed E-state index contributed by atoms with van der Waals surface area (Å²) in [5.74, 6) is 2.09. The summed E-state index contributed by atoms with van der Waals surface area (Å²) >= 11 is 0. The van der Waals surface area contributed by atoms with Crippen LogP contribution >= 0.6 is 0 Å². The maximum atomic E-state index is 6.35. The summed E-state index contributed by atoms with van der Waals surface area (Å²) in [5, 5.41) is 0. The normalized spacial score (nSPS) is 13.2. The third kappa shape index (κ3) is 4.00. The lowest BCUT2D eigenvalue weighted by atomic mass is 10.0. The first-order chi connectivity index (χ1) is 12.3. The number of benzene rings is 2. The molecule has 0 spiro atoms. The Hall–Kier alpha value is -2.79. The highest BCUT2D eigenvalue weighted by molar-refractivity contribution is 5.40. The zero-order valence-electron chi connectivity index (χ0n) is 14.4. The fourth-order valence-corrected chi connectivity index (χ4v) is 2.72. The van der Waals surface area contributed by atoms with Gasteiger partial charge in [-0.1, -0.05) is 42.5 Å². The van der Waals surface area contributed by atoms with Crippen LogP contribution in [0.1, 0.15) is 30.5 Å². The fraction of sp³-hybridized carbons (Fsp3) is 0.250. The van der Waals surface area contributed by atoms with Crippen LogP contribution in [-0.2, 0) is 4.74 Å². The van der Waals surface area contributed by atoms with Gasteiger partial charge in [-0.2, -0.15) is 0 Å². The number of aromatic nitrogens is 2. The van der Waals surface area contributed by atoms with E-state index >= 15 is 0 Å². The topological polar surface area (TPSA) is 56.4 Å². The smallest absolute Gasteiger partial charge is 0.162 e. The number of rotatable bonds is 8. The van der Waals surface area contributed by atoms with Gasteiger partial charge in [-0.15, -0.1) is 0 Å². The number of methoxy groups -OCH3 is 1. The SMILES string of the molecule is CCOc1ccccc1OC(c1ccccc1)C(OC)c1ncc[nH]1. The number of nitrogens with one attached hydrogen (secondary N) is 1. The molecule has 0 saturated carbocycles. The number of imidazole rings is 1. The first-order valence-electron chi connectivity index (χ1n) is 8.29. The van der Waals surface area contributed by atoms with Crippen LogP contribution in [0.3, 0.4) is 0 Å². The Kier molecular flexibility index (Phi) is 5.69. The highest BCUT2D eigenvalue weighted by Gasteiger charge is 2.29. The van der Waals surface area contributed by atoms with Gasteiger partial charge in [-0.25, -0.2) is 4.98 Å². The zero-order valence-corrected chi connectivity index (χ0v) is 14.4. The quantitative estimate of drug-likeness (QED) is 0.665. The lowest BCUT2D eigenvalue weighted by molar-refractivity contribution is -0.00706. The molecule has 0 saturated heterocycles. The summed E-state index contributed by atoms with van der Waals surface area (Å²) in [6.07, 6.45) is 2.72. The summed E-state index contributed by atoms with van der Waals surface area (Å²) in [4.78, 5) is 7.46. The van der Waals surface area contributed by atoms with Crippen LogP contribution < -0.4 is 9.47 Å². The second-order valence-corrected chi connectivity index (χ2v) is 5.46. The maximum Gasteiger partial charge on any atom is 0.162 e. The number of hydrogen-bond donors (Lipinski definition) is 1. The van der Waals surface area contributed by atoms with Gasteiger partial charge >= 0.3 is 0 Å². The molecule has 1 N–H and O–H groups in total. The number of ether oxygens (including phenoxy) is 3. The molecule has 0 radical (unpaired) electrons. The van der Waals surface area contributed by atoms with E-state index in [1.54, 1.807) is 19.5 Å². The third-order valence-corrected chi connectivity index (χ3v) is 3.85. The van der Waals surface area contributed by atoms with Crippen molar-refractivity contribution in [3.05, 3.63) is 78.4 Å². The molecule has 1 heterocycles. The van der Waals surface area contributed by atoms with E-state index in [-0.39, 0.29) is 12.2 Å². The molecular weight excluding hydrogens is 316 g/mol. The Morgan fingerprint density at radius 2 is 1.68 bits per heavy atom. The van der Waals surface area contributed by atoms with Crippen molar-refractivity contribution in [3.8, 4) is 11.5 Å². The monoisotopic (exact) mass is 338 g/mol. The molecule has 5 nitrogen and oxygen atoms in total. The summed E-state index contributed by atoms with van der Waals surface area (Å²) in [6.45, 7) is 2.52. The molecule has 5 heteroatoms. The van der Waals surface area contributed by atoms with E-state index in [0.29, 0.717) is 23.9 Å². The molecule has 2 unspecified atom stereocenters. The molecule has 2 atom stereocenters. The first kappa shape index (κ1) is 17.0. The second-order valence-electron chi connectivity index (χ2n) is 5.46. The van der Waals surface area contributed by atoms with Crippen molar-refractivity contribution in [2.45, 2.75) is 19.1 Å². The summed E-state index contributed by atoms with van der Waals surface area (Å²) in [5.41, 5.74) is 0.997. The predicted molar refractivity (Wildman–Crippen MR) is 95.8 cm³/mol. The van der Waals surface area contributed by atoms with Crippen LogP contribution in [0, 0.1) is 0 Å². The average Bonchev–Trinajstić information content (AvgIpc) is 3.18. The van der Waals surface area contributed by atoms with Gasteiger partial charge in [0.05, 0.1) is 6.61 Å². The van der Waals surface area contributed by atoms with E-state index in [0.717, 1.165) is 5.56 Å². The van der Waals surface area contributed by atoms with Gasteiger partial charge in [0.1, 0.15) is 5.82 Å². The van der Waals surface area contributed by atoms with Crippen molar-refractivity contribution >= 4 is 0 Å². The molecular formula is C20H22N2O3. The van der Waals surface area contributed by atoms with E-state index < -0.39 is 0 Å². The molecule has 0 aliphatic heterocycles. The van der Waals surface area contributed by atoms with Crippen LogP contribution in [0.5, 0.6) is 11.5 Å². The van der Waals surface area contributed by atoms with Crippen LogP contribution in [0.2, 0.25) is 0 Å². The summed E-state index contributed by atoms with van der Waals surface area (Å²) in [7, 11) is 1.65. The summed E-state index contributed by atoms with van der Waals surface area (Å²) < 4.78 is 17.8. The number of H-pyrrole nitrogens is 1. The molecule has 0 bridgehead atoms. The highest BCUT2D eigenvalue weighted by Crippen LogP contribution is 2.37. The standard InChI is InChI=1S/C20H22N2O3/c1-3-24-16-11-7-8-12-17(16)25-18(15-9-5-4-6-10-15)19(23-2)20-21-13-14-22-20/h4-14,18-19H,3H2,1-2H3,(H,21,22). The second kappa shape index (κ2) is 8.35. The molecule has 0 fully saturated rings. The Balaban J connectivity index is 1.97. The summed E-state index contributed by atoms with van der Waals surface area (Å²) in [6, 6.07) is 17.6. The molecule has 0 aliphatic rings. The zero-order chi connectivity index (χ0) is 17.5. The van der Waals surface area contributed by atoms with E-state index in [4.69, 9.17) is 14.2 Å². The van der Waals surface area contributed by atoms with E-state index in [2.05, 4.69) is 9.97 Å². The molecule has 0 amide bonds. The van der Waals surface area contributed by atoms with Crippen LogP contribution in [0.25, 0.3) is 0 Å². The van der Waals surface area contributed by atoms with Gasteiger partial charge in [-0.3, -0.25) is 0 Å². The van der Waals surface area contributed by atoms with Gasteiger partial charge < -0.3 is 19.2 Å². The lowest BCUT2D eigenvalue weighted by Crippen LogP contribution is -2.20. The molecule has 25 heavy (non-hydrogen) atoms. The van der Waals surface area contributed by atoms with Crippen LogP contribution in [-0.4, -0.2) is 23.7 Å². The van der Waals surface area contributed by atoms with Crippen molar-refractivity contribution < 1.29 is 14.2 Å². The van der Waals surface area contributed by atoms with Crippen molar-refractivity contribution in [1.82, 2.24) is 9.97 Å². The first-order valence-corrected chi connectivity index (χ1v) is 8.29. The van der Waals surface area contributed by atoms with Crippen LogP contribution in [0.4, 0.5) is 0 Å². The van der Waals surface area contributed by atoms with Crippen molar-refractivity contribution in [2.24, 2.45) is 0 Å². The van der Waals surface area contributed by atoms with Crippen LogP contribution in [0.15, 0.2) is 67.0 Å². The van der Waals surface area contributed by atoms with Crippen molar-refractivity contribution in [3.63, 3.8) is 0 Å². The van der Waals surface area contributed by atoms with Gasteiger partial charge in [0.15, 0.2) is 23.7 Å². The van der Waals surface area contributed by atoms with E-state index in [1.165, 1.54) is 0 Å². The highest BCUT2D eigenvalue weighted by atomic mass is 16.6. The van der Waals surface area contributed by atoms with Gasteiger partial charge in [0.25, 0.3) is 0 Å². The van der Waals surface area contributed by atoms with Gasteiger partial charge in [0, 0.05) is 19.5 Å². The van der Waals surface area contributed by atoms with Gasteiger partial charge in [0.2, 0.25) is 0 Å². The third-order valence-electron chi connectivity index (χ3n) is 3.85. The Bertz CT molecular complexity index is 760. The molecule has 1 aromatic heterocycles. The number of hydrogen-bond acceptors (Lipinski definition) is 4. The lowest BCUT2D eigenvalue weighted by Gasteiger charge is -2.27. The van der Waals surface area contributed by atoms with Gasteiger partial charge in [-0.05, 0) is 24.6 Å². The van der Waals surface area contributed by atoms with Crippen molar-refractivity contribution in [2.75, 3.05) is 13.7 Å². The average molecular weight is 338 g/mol. The molecule has 0 aliphatic carbocycles. The minimum absolute atomic E-state index is 0.376. The van der Waals surface area contributed by atoms with Crippen molar-refractivity contribution in [1.29, 1.82) is 0 Å².